The number of nitrogens with zero attached hydrogens (tertiary/aromatic N) is 2. The highest BCUT2D eigenvalue weighted by atomic mass is 16.2. The van der Waals surface area contributed by atoms with Gasteiger partial charge in [0.1, 0.15) is 0 Å². The summed E-state index contributed by atoms with van der Waals surface area (Å²) in [7, 11) is 1.71. The summed E-state index contributed by atoms with van der Waals surface area (Å²) >= 11 is 0. The van der Waals surface area contributed by atoms with Crippen molar-refractivity contribution >= 4 is 11.8 Å². The van der Waals surface area contributed by atoms with E-state index in [0.29, 0.717) is 11.1 Å². The third-order valence-corrected chi connectivity index (χ3v) is 2.65. The second kappa shape index (κ2) is 5.34. The van der Waals surface area contributed by atoms with Crippen LogP contribution in [0.4, 0.5) is 0 Å². The summed E-state index contributed by atoms with van der Waals surface area (Å²) in [5.41, 5.74) is 6.47. The molecule has 0 saturated carbocycles. The SMILES string of the molecule is Cc1ccccc1C(=O)NNC(=O)c1cnn(C)c1. The number of aryl methyl sites for hydroxylation is 2. The lowest BCUT2D eigenvalue weighted by Gasteiger charge is -2.07. The molecule has 0 aliphatic rings. The van der Waals surface area contributed by atoms with Crippen molar-refractivity contribution in [3.05, 3.63) is 53.3 Å². The van der Waals surface area contributed by atoms with E-state index in [2.05, 4.69) is 16.0 Å². The number of hydrazine groups is 1. The molecule has 0 atom stereocenters. The van der Waals surface area contributed by atoms with E-state index in [0.717, 1.165) is 5.56 Å². The monoisotopic (exact) mass is 258 g/mol. The van der Waals surface area contributed by atoms with E-state index in [4.69, 9.17) is 0 Å². The number of aromatic nitrogens is 2. The summed E-state index contributed by atoms with van der Waals surface area (Å²) in [5.74, 6) is -0.759. The fourth-order valence-corrected chi connectivity index (χ4v) is 1.62. The first-order valence-electron chi connectivity index (χ1n) is 5.73. The Morgan fingerprint density at radius 3 is 2.47 bits per heavy atom. The van der Waals surface area contributed by atoms with Crippen LogP contribution in [0.1, 0.15) is 26.3 Å². The molecule has 1 aromatic carbocycles. The van der Waals surface area contributed by atoms with Crippen LogP contribution < -0.4 is 10.9 Å². The van der Waals surface area contributed by atoms with Crippen molar-refractivity contribution in [1.29, 1.82) is 0 Å². The van der Waals surface area contributed by atoms with Gasteiger partial charge in [-0.1, -0.05) is 18.2 Å². The summed E-state index contributed by atoms with van der Waals surface area (Å²) in [4.78, 5) is 23.6. The molecule has 0 fully saturated rings. The van der Waals surface area contributed by atoms with Gasteiger partial charge < -0.3 is 0 Å². The third kappa shape index (κ3) is 2.98. The Morgan fingerprint density at radius 1 is 1.16 bits per heavy atom. The number of rotatable bonds is 2. The van der Waals surface area contributed by atoms with Gasteiger partial charge in [0.2, 0.25) is 0 Å². The van der Waals surface area contributed by atoms with Crippen LogP contribution in [0, 0.1) is 6.92 Å². The van der Waals surface area contributed by atoms with Crippen LogP contribution in [0.3, 0.4) is 0 Å². The Bertz CT molecular complexity index is 619. The van der Waals surface area contributed by atoms with Crippen molar-refractivity contribution < 1.29 is 9.59 Å². The smallest absolute Gasteiger partial charge is 0.272 e. The van der Waals surface area contributed by atoms with Crippen molar-refractivity contribution in [2.45, 2.75) is 6.92 Å². The van der Waals surface area contributed by atoms with E-state index in [1.165, 1.54) is 10.9 Å². The summed E-state index contributed by atoms with van der Waals surface area (Å²) in [6, 6.07) is 7.14. The van der Waals surface area contributed by atoms with Crippen molar-refractivity contribution in [1.82, 2.24) is 20.6 Å². The molecule has 0 aliphatic heterocycles. The molecule has 2 aromatic rings. The fraction of sp³-hybridized carbons (Fsp3) is 0.154. The van der Waals surface area contributed by atoms with Crippen molar-refractivity contribution in [3.63, 3.8) is 0 Å². The maximum Gasteiger partial charge on any atom is 0.272 e. The Morgan fingerprint density at radius 2 is 1.84 bits per heavy atom. The molecule has 0 saturated heterocycles. The summed E-state index contributed by atoms with van der Waals surface area (Å²) in [6.07, 6.45) is 2.99. The summed E-state index contributed by atoms with van der Waals surface area (Å²) < 4.78 is 1.51. The van der Waals surface area contributed by atoms with Gasteiger partial charge in [-0.15, -0.1) is 0 Å². The van der Waals surface area contributed by atoms with E-state index < -0.39 is 5.91 Å². The molecule has 98 valence electrons. The highest BCUT2D eigenvalue weighted by Crippen LogP contribution is 2.05. The highest BCUT2D eigenvalue weighted by Gasteiger charge is 2.11. The molecule has 0 spiro atoms. The molecule has 1 aromatic heterocycles. The largest absolute Gasteiger partial charge is 0.275 e. The van der Waals surface area contributed by atoms with Gasteiger partial charge in [0, 0.05) is 18.8 Å². The second-order valence-corrected chi connectivity index (χ2v) is 4.13. The minimum atomic E-state index is -0.407. The summed E-state index contributed by atoms with van der Waals surface area (Å²) in [6.45, 7) is 1.83. The van der Waals surface area contributed by atoms with Gasteiger partial charge in [-0.2, -0.15) is 5.10 Å². The minimum Gasteiger partial charge on any atom is -0.275 e. The van der Waals surface area contributed by atoms with Crippen LogP contribution in [-0.4, -0.2) is 21.6 Å². The van der Waals surface area contributed by atoms with Crippen LogP contribution in [0.15, 0.2) is 36.7 Å². The van der Waals surface area contributed by atoms with Crippen molar-refractivity contribution in [2.75, 3.05) is 0 Å². The number of carbonyl (C=O) groups is 2. The quantitative estimate of drug-likeness (QED) is 0.782. The molecule has 6 heteroatoms. The van der Waals surface area contributed by atoms with Gasteiger partial charge in [-0.05, 0) is 18.6 Å². The lowest BCUT2D eigenvalue weighted by molar-refractivity contribution is 0.0846. The van der Waals surface area contributed by atoms with Gasteiger partial charge in [0.05, 0.1) is 11.8 Å². The predicted octanol–water partition coefficient (Wildman–Crippen LogP) is 0.803. The number of benzene rings is 1. The zero-order valence-electron chi connectivity index (χ0n) is 10.7. The maximum atomic E-state index is 11.9. The maximum absolute atomic E-state index is 11.9. The molecule has 0 radical (unpaired) electrons. The van der Waals surface area contributed by atoms with Gasteiger partial charge in [0.25, 0.3) is 11.8 Å². The number of hydrogen-bond donors (Lipinski definition) is 2. The molecular formula is C13H14N4O2. The fourth-order valence-electron chi connectivity index (χ4n) is 1.62. The standard InChI is InChI=1S/C13H14N4O2/c1-9-5-3-4-6-11(9)13(19)16-15-12(18)10-7-14-17(2)8-10/h3-8H,1-2H3,(H,15,18)(H,16,19). The van der Waals surface area contributed by atoms with E-state index >= 15 is 0 Å². The molecule has 2 N–H and O–H groups in total. The van der Waals surface area contributed by atoms with Crippen LogP contribution >= 0.6 is 0 Å². The molecular weight excluding hydrogens is 244 g/mol. The van der Waals surface area contributed by atoms with Crippen LogP contribution in [-0.2, 0) is 7.05 Å². The lowest BCUT2D eigenvalue weighted by atomic mass is 10.1. The molecule has 0 unspecified atom stereocenters. The Kier molecular flexibility index (Phi) is 3.61. The topological polar surface area (TPSA) is 76.0 Å². The van der Waals surface area contributed by atoms with Crippen LogP contribution in [0.25, 0.3) is 0 Å². The average molecular weight is 258 g/mol. The van der Waals surface area contributed by atoms with E-state index in [9.17, 15) is 9.59 Å². The van der Waals surface area contributed by atoms with Crippen molar-refractivity contribution in [2.24, 2.45) is 7.05 Å². The molecule has 19 heavy (non-hydrogen) atoms. The van der Waals surface area contributed by atoms with Gasteiger partial charge in [-0.25, -0.2) is 0 Å². The first kappa shape index (κ1) is 12.8. The van der Waals surface area contributed by atoms with Crippen molar-refractivity contribution in [3.8, 4) is 0 Å². The highest BCUT2D eigenvalue weighted by molar-refractivity contribution is 5.99. The second-order valence-electron chi connectivity index (χ2n) is 4.13. The Hall–Kier alpha value is -2.63. The molecule has 2 amide bonds. The summed E-state index contributed by atoms with van der Waals surface area (Å²) in [5, 5.41) is 3.88. The number of amides is 2. The molecule has 0 bridgehead atoms. The van der Waals surface area contributed by atoms with E-state index in [1.54, 1.807) is 25.4 Å². The zero-order chi connectivity index (χ0) is 13.8. The first-order valence-corrected chi connectivity index (χ1v) is 5.73. The van der Waals surface area contributed by atoms with Gasteiger partial charge >= 0.3 is 0 Å². The molecule has 0 aliphatic carbocycles. The van der Waals surface area contributed by atoms with Gasteiger partial charge in [0.15, 0.2) is 0 Å². The average Bonchev–Trinajstić information content (AvgIpc) is 2.83. The Labute approximate surface area is 110 Å². The minimum absolute atomic E-state index is 0.352. The first-order chi connectivity index (χ1) is 9.08. The number of hydrogen-bond acceptors (Lipinski definition) is 3. The lowest BCUT2D eigenvalue weighted by Crippen LogP contribution is -2.41. The predicted molar refractivity (Wildman–Crippen MR) is 69.3 cm³/mol. The van der Waals surface area contributed by atoms with Gasteiger partial charge in [-0.3, -0.25) is 25.1 Å². The van der Waals surface area contributed by atoms with Crippen LogP contribution in [0.2, 0.25) is 0 Å². The third-order valence-electron chi connectivity index (χ3n) is 2.65. The number of nitrogens with one attached hydrogen (secondary N) is 2. The normalized spacial score (nSPS) is 10.0. The Balaban J connectivity index is 1.98. The number of carbonyl (C=O) groups excluding carboxylic acids is 2. The molecule has 2 rings (SSSR count). The van der Waals surface area contributed by atoms with E-state index in [1.807, 2.05) is 19.1 Å². The zero-order valence-corrected chi connectivity index (χ0v) is 10.7. The molecule has 6 nitrogen and oxygen atoms in total. The molecule has 1 heterocycles. The van der Waals surface area contributed by atoms with Crippen LogP contribution in [0.5, 0.6) is 0 Å². The van der Waals surface area contributed by atoms with E-state index in [-0.39, 0.29) is 5.91 Å².